The van der Waals surface area contributed by atoms with Crippen molar-refractivity contribution >= 4 is 31.6 Å². The molecule has 0 radical (unpaired) electrons. The maximum Gasteiger partial charge on any atom is 0.244 e. The molecule has 0 aliphatic carbocycles. The third-order valence-electron chi connectivity index (χ3n) is 3.69. The summed E-state index contributed by atoms with van der Waals surface area (Å²) in [5.74, 6) is 0. The number of hydrogen-bond acceptors (Lipinski definition) is 3. The van der Waals surface area contributed by atoms with Crippen LogP contribution in [-0.4, -0.2) is 24.8 Å². The Hall–Kier alpha value is -0.590. The topological polar surface area (TPSA) is 63.4 Å². The van der Waals surface area contributed by atoms with Crippen LogP contribution < -0.4 is 5.73 Å². The zero-order chi connectivity index (χ0) is 14.2. The molecule has 2 rings (SSSR count). The molecule has 4 nitrogen and oxygen atoms in total. The average molecular weight is 347 g/mol. The van der Waals surface area contributed by atoms with Crippen LogP contribution >= 0.6 is 15.9 Å². The van der Waals surface area contributed by atoms with Crippen LogP contribution in [-0.2, 0) is 10.0 Å². The first-order chi connectivity index (χ1) is 8.87. The van der Waals surface area contributed by atoms with Gasteiger partial charge in [-0.2, -0.15) is 4.31 Å². The predicted molar refractivity (Wildman–Crippen MR) is 80.4 cm³/mol. The third kappa shape index (κ3) is 2.66. The minimum Gasteiger partial charge on any atom is -0.399 e. The molecule has 1 aliphatic rings. The molecular formula is C13H19BrN2O2S. The van der Waals surface area contributed by atoms with E-state index in [0.717, 1.165) is 19.3 Å². The first-order valence-corrected chi connectivity index (χ1v) is 8.69. The maximum absolute atomic E-state index is 12.8. The van der Waals surface area contributed by atoms with Crippen molar-refractivity contribution in [3.05, 3.63) is 22.7 Å². The second-order valence-corrected chi connectivity index (χ2v) is 7.68. The summed E-state index contributed by atoms with van der Waals surface area (Å²) in [4.78, 5) is 0.300. The number of rotatable bonds is 3. The fourth-order valence-corrected chi connectivity index (χ4v) is 5.71. The Kier molecular flexibility index (Phi) is 4.23. The van der Waals surface area contributed by atoms with E-state index in [2.05, 4.69) is 15.9 Å². The van der Waals surface area contributed by atoms with Crippen molar-refractivity contribution in [1.29, 1.82) is 0 Å². The van der Waals surface area contributed by atoms with Crippen LogP contribution in [0.1, 0.15) is 33.1 Å². The summed E-state index contributed by atoms with van der Waals surface area (Å²) in [5, 5.41) is 0. The molecule has 2 N–H and O–H groups in total. The zero-order valence-electron chi connectivity index (χ0n) is 11.1. The van der Waals surface area contributed by atoms with Crippen molar-refractivity contribution in [2.75, 3.05) is 5.73 Å². The number of nitrogens with two attached hydrogens (primary N) is 1. The molecule has 0 saturated carbocycles. The summed E-state index contributed by atoms with van der Waals surface area (Å²) >= 11 is 3.31. The molecule has 1 fully saturated rings. The van der Waals surface area contributed by atoms with E-state index in [1.807, 2.05) is 13.8 Å². The van der Waals surface area contributed by atoms with Gasteiger partial charge in [-0.25, -0.2) is 8.42 Å². The Bertz CT molecular complexity index is 574. The first-order valence-electron chi connectivity index (χ1n) is 6.46. The Morgan fingerprint density at radius 1 is 1.42 bits per heavy atom. The van der Waals surface area contributed by atoms with E-state index in [-0.39, 0.29) is 12.1 Å². The van der Waals surface area contributed by atoms with Gasteiger partial charge in [0.2, 0.25) is 10.0 Å². The van der Waals surface area contributed by atoms with Crippen molar-refractivity contribution in [3.8, 4) is 0 Å². The van der Waals surface area contributed by atoms with Gasteiger partial charge in [0.05, 0.1) is 4.90 Å². The summed E-state index contributed by atoms with van der Waals surface area (Å²) in [6, 6.07) is 4.99. The van der Waals surface area contributed by atoms with Crippen LogP contribution in [0.4, 0.5) is 5.69 Å². The van der Waals surface area contributed by atoms with Crippen molar-refractivity contribution in [1.82, 2.24) is 4.31 Å². The molecule has 19 heavy (non-hydrogen) atoms. The minimum atomic E-state index is -3.47. The Labute approximate surface area is 123 Å². The van der Waals surface area contributed by atoms with E-state index in [1.54, 1.807) is 22.5 Å². The van der Waals surface area contributed by atoms with E-state index in [1.165, 1.54) is 0 Å². The summed E-state index contributed by atoms with van der Waals surface area (Å²) < 4.78 is 27.8. The largest absolute Gasteiger partial charge is 0.399 e. The second kappa shape index (κ2) is 5.42. The van der Waals surface area contributed by atoms with Gasteiger partial charge in [0.25, 0.3) is 0 Å². The molecule has 6 heteroatoms. The van der Waals surface area contributed by atoms with Gasteiger partial charge < -0.3 is 5.73 Å². The minimum absolute atomic E-state index is 0.0550. The fourth-order valence-electron chi connectivity index (χ4n) is 2.71. The summed E-state index contributed by atoms with van der Waals surface area (Å²) in [6.45, 7) is 4.00. The third-order valence-corrected chi connectivity index (χ3v) is 6.74. The first kappa shape index (κ1) is 14.8. The molecule has 2 unspecified atom stereocenters. The Morgan fingerprint density at radius 3 is 2.68 bits per heavy atom. The van der Waals surface area contributed by atoms with Gasteiger partial charge in [-0.3, -0.25) is 0 Å². The monoisotopic (exact) mass is 346 g/mol. The highest BCUT2D eigenvalue weighted by molar-refractivity contribution is 9.10. The number of benzene rings is 1. The van der Waals surface area contributed by atoms with Crippen molar-refractivity contribution in [3.63, 3.8) is 0 Å². The van der Waals surface area contributed by atoms with E-state index in [4.69, 9.17) is 5.73 Å². The number of hydrogen-bond donors (Lipinski definition) is 1. The summed E-state index contributed by atoms with van der Waals surface area (Å²) in [6.07, 6.45) is 2.70. The van der Waals surface area contributed by atoms with Crippen LogP contribution in [0.5, 0.6) is 0 Å². The van der Waals surface area contributed by atoms with Gasteiger partial charge in [0.1, 0.15) is 0 Å². The van der Waals surface area contributed by atoms with E-state index >= 15 is 0 Å². The van der Waals surface area contributed by atoms with Crippen LogP contribution in [0.2, 0.25) is 0 Å². The van der Waals surface area contributed by atoms with E-state index in [0.29, 0.717) is 15.1 Å². The van der Waals surface area contributed by atoms with Crippen LogP contribution in [0.3, 0.4) is 0 Å². The summed E-state index contributed by atoms with van der Waals surface area (Å²) in [7, 11) is -3.47. The molecule has 2 atom stereocenters. The lowest BCUT2D eigenvalue weighted by atomic mass is 10.2. The lowest BCUT2D eigenvalue weighted by Gasteiger charge is -2.27. The quantitative estimate of drug-likeness (QED) is 0.855. The standard InChI is InChI=1S/C13H19BrN2O2S/c1-3-11-6-4-9(2)16(11)19(17,18)13-7-5-10(15)8-12(13)14/h5,7-9,11H,3-4,6,15H2,1-2H3. The molecule has 0 amide bonds. The van der Waals surface area contributed by atoms with Crippen molar-refractivity contribution < 1.29 is 8.42 Å². The van der Waals surface area contributed by atoms with Crippen LogP contribution in [0, 0.1) is 0 Å². The number of halogens is 1. The molecule has 0 aromatic heterocycles. The highest BCUT2D eigenvalue weighted by atomic mass is 79.9. The molecule has 1 aromatic carbocycles. The maximum atomic E-state index is 12.8. The Morgan fingerprint density at radius 2 is 2.11 bits per heavy atom. The van der Waals surface area contributed by atoms with Gasteiger partial charge in [0.15, 0.2) is 0 Å². The molecule has 1 heterocycles. The van der Waals surface area contributed by atoms with Crippen molar-refractivity contribution in [2.24, 2.45) is 0 Å². The second-order valence-electron chi connectivity index (χ2n) is 5.01. The van der Waals surface area contributed by atoms with Crippen molar-refractivity contribution in [2.45, 2.75) is 50.1 Å². The molecule has 1 aromatic rings. The van der Waals surface area contributed by atoms with Gasteiger partial charge in [-0.1, -0.05) is 6.92 Å². The smallest absolute Gasteiger partial charge is 0.244 e. The highest BCUT2D eigenvalue weighted by Gasteiger charge is 2.39. The van der Waals surface area contributed by atoms with Gasteiger partial charge in [0, 0.05) is 22.2 Å². The van der Waals surface area contributed by atoms with E-state index < -0.39 is 10.0 Å². The van der Waals surface area contributed by atoms with Crippen LogP contribution in [0.25, 0.3) is 0 Å². The normalized spacial score (nSPS) is 24.8. The molecule has 0 spiro atoms. The fraction of sp³-hybridized carbons (Fsp3) is 0.538. The molecule has 0 bridgehead atoms. The predicted octanol–water partition coefficient (Wildman–Crippen LogP) is 2.98. The number of nitrogens with zero attached hydrogens (tertiary/aromatic N) is 1. The van der Waals surface area contributed by atoms with Gasteiger partial charge in [-0.15, -0.1) is 0 Å². The molecular weight excluding hydrogens is 328 g/mol. The average Bonchev–Trinajstić information content (AvgIpc) is 2.70. The summed E-state index contributed by atoms with van der Waals surface area (Å²) in [5.41, 5.74) is 6.22. The van der Waals surface area contributed by atoms with Gasteiger partial charge in [-0.05, 0) is 60.3 Å². The number of anilines is 1. The lowest BCUT2D eigenvalue weighted by Crippen LogP contribution is -2.39. The highest BCUT2D eigenvalue weighted by Crippen LogP contribution is 2.35. The van der Waals surface area contributed by atoms with E-state index in [9.17, 15) is 8.42 Å². The number of nitrogen functional groups attached to an aromatic ring is 1. The number of sulfonamides is 1. The molecule has 1 saturated heterocycles. The molecule has 1 aliphatic heterocycles. The zero-order valence-corrected chi connectivity index (χ0v) is 13.5. The van der Waals surface area contributed by atoms with Crippen LogP contribution in [0.15, 0.2) is 27.6 Å². The molecule has 106 valence electrons. The SMILES string of the molecule is CCC1CCC(C)N1S(=O)(=O)c1ccc(N)cc1Br. The lowest BCUT2D eigenvalue weighted by molar-refractivity contribution is 0.328. The van der Waals surface area contributed by atoms with Gasteiger partial charge >= 0.3 is 0 Å². The Balaban J connectivity index is 2.47.